The van der Waals surface area contributed by atoms with Gasteiger partial charge in [0.1, 0.15) is 4.88 Å². The first-order chi connectivity index (χ1) is 9.46. The van der Waals surface area contributed by atoms with Crippen LogP contribution < -0.4 is 5.32 Å². The number of methoxy groups -OCH3 is 1. The van der Waals surface area contributed by atoms with E-state index in [4.69, 9.17) is 0 Å². The first-order valence-corrected chi connectivity index (χ1v) is 8.64. The molecular weight excluding hydrogens is 300 g/mol. The van der Waals surface area contributed by atoms with Crippen LogP contribution >= 0.6 is 11.3 Å². The predicted molar refractivity (Wildman–Crippen MR) is 76.5 cm³/mol. The largest absolute Gasteiger partial charge is 0.465 e. The number of thiophene rings is 1. The van der Waals surface area contributed by atoms with Crippen LogP contribution in [0.1, 0.15) is 22.5 Å². The fourth-order valence-corrected chi connectivity index (χ4v) is 4.79. The third-order valence-electron chi connectivity index (χ3n) is 3.46. The van der Waals surface area contributed by atoms with Gasteiger partial charge >= 0.3 is 5.97 Å². The lowest BCUT2D eigenvalue weighted by atomic mass is 10.1. The molecule has 0 aromatic carbocycles. The summed E-state index contributed by atoms with van der Waals surface area (Å²) < 4.78 is 31.0. The maximum absolute atomic E-state index is 12.5. The van der Waals surface area contributed by atoms with E-state index in [0.717, 1.165) is 37.3 Å². The van der Waals surface area contributed by atoms with Gasteiger partial charge in [0.2, 0.25) is 10.0 Å². The van der Waals surface area contributed by atoms with Gasteiger partial charge in [0.25, 0.3) is 0 Å². The van der Waals surface area contributed by atoms with E-state index in [1.54, 1.807) is 7.05 Å². The normalized spacial score (nSPS) is 17.4. The van der Waals surface area contributed by atoms with Crippen LogP contribution in [0, 0.1) is 0 Å². The fraction of sp³-hybridized carbons (Fsp3) is 0.583. The zero-order valence-electron chi connectivity index (χ0n) is 11.5. The molecule has 112 valence electrons. The molecular formula is C12H18N2O4S2. The minimum Gasteiger partial charge on any atom is -0.465 e. The maximum atomic E-state index is 12.5. The van der Waals surface area contributed by atoms with Crippen molar-refractivity contribution >= 4 is 27.3 Å². The molecule has 2 heterocycles. The Balaban J connectivity index is 2.20. The summed E-state index contributed by atoms with van der Waals surface area (Å²) in [5, 5.41) is 4.69. The van der Waals surface area contributed by atoms with Crippen molar-refractivity contribution in [2.75, 3.05) is 27.2 Å². The Kier molecular flexibility index (Phi) is 4.79. The van der Waals surface area contributed by atoms with E-state index >= 15 is 0 Å². The summed E-state index contributed by atoms with van der Waals surface area (Å²) in [6.07, 6.45) is 1.59. The standard InChI is InChI=1S/C12H18N2O4S2/c1-14(9-3-5-13-6-4-9)20(16,17)10-7-11(19-8-10)12(15)18-2/h7-9,13H,3-6H2,1-2H3. The average Bonchev–Trinajstić information content (AvgIpc) is 2.97. The summed E-state index contributed by atoms with van der Waals surface area (Å²) in [5.74, 6) is -0.513. The van der Waals surface area contributed by atoms with Crippen LogP contribution in [0.3, 0.4) is 0 Å². The second-order valence-electron chi connectivity index (χ2n) is 4.64. The molecule has 2 rings (SSSR count). The van der Waals surface area contributed by atoms with E-state index in [-0.39, 0.29) is 10.9 Å². The molecule has 0 spiro atoms. The molecule has 6 nitrogen and oxygen atoms in total. The fourth-order valence-electron chi connectivity index (χ4n) is 2.19. The number of rotatable bonds is 4. The highest BCUT2D eigenvalue weighted by molar-refractivity contribution is 7.89. The molecule has 1 aliphatic rings. The molecule has 0 aliphatic carbocycles. The molecule has 8 heteroatoms. The molecule has 1 aliphatic heterocycles. The summed E-state index contributed by atoms with van der Waals surface area (Å²) >= 11 is 1.08. The van der Waals surface area contributed by atoms with Crippen LogP contribution in [0.2, 0.25) is 0 Å². The van der Waals surface area contributed by atoms with Crippen LogP contribution in [0.25, 0.3) is 0 Å². The van der Waals surface area contributed by atoms with Crippen molar-refractivity contribution in [1.29, 1.82) is 0 Å². The highest BCUT2D eigenvalue weighted by atomic mass is 32.2. The van der Waals surface area contributed by atoms with Crippen LogP contribution in [-0.4, -0.2) is 52.0 Å². The molecule has 1 aromatic heterocycles. The van der Waals surface area contributed by atoms with E-state index < -0.39 is 16.0 Å². The lowest BCUT2D eigenvalue weighted by molar-refractivity contribution is 0.0606. The zero-order valence-corrected chi connectivity index (χ0v) is 13.1. The summed E-state index contributed by atoms with van der Waals surface area (Å²) in [4.78, 5) is 11.8. The Hall–Kier alpha value is -0.960. The Morgan fingerprint density at radius 2 is 2.10 bits per heavy atom. The van der Waals surface area contributed by atoms with Gasteiger partial charge in [-0.2, -0.15) is 4.31 Å². The van der Waals surface area contributed by atoms with Crippen LogP contribution in [0.15, 0.2) is 16.3 Å². The number of hydrogen-bond donors (Lipinski definition) is 1. The Morgan fingerprint density at radius 1 is 1.45 bits per heavy atom. The lowest BCUT2D eigenvalue weighted by Crippen LogP contribution is -2.43. The van der Waals surface area contributed by atoms with Gasteiger partial charge in [-0.3, -0.25) is 0 Å². The van der Waals surface area contributed by atoms with Gasteiger partial charge in [-0.25, -0.2) is 13.2 Å². The topological polar surface area (TPSA) is 75.7 Å². The number of nitrogens with zero attached hydrogens (tertiary/aromatic N) is 1. The third kappa shape index (κ3) is 3.03. The summed E-state index contributed by atoms with van der Waals surface area (Å²) in [6.45, 7) is 1.64. The molecule has 20 heavy (non-hydrogen) atoms. The Bertz CT molecular complexity index is 576. The van der Waals surface area contributed by atoms with E-state index in [1.165, 1.54) is 22.9 Å². The second-order valence-corrected chi connectivity index (χ2v) is 7.55. The van der Waals surface area contributed by atoms with Crippen molar-refractivity contribution in [1.82, 2.24) is 9.62 Å². The minimum absolute atomic E-state index is 0.00252. The van der Waals surface area contributed by atoms with Gasteiger partial charge in [0.05, 0.1) is 12.0 Å². The summed E-state index contributed by atoms with van der Waals surface area (Å²) in [6, 6.07) is 1.38. The number of esters is 1. The average molecular weight is 318 g/mol. The molecule has 1 aromatic rings. The number of ether oxygens (including phenoxy) is 1. The van der Waals surface area contributed by atoms with Gasteiger partial charge in [0, 0.05) is 18.5 Å². The highest BCUT2D eigenvalue weighted by Gasteiger charge is 2.30. The number of nitrogens with one attached hydrogen (secondary N) is 1. The van der Waals surface area contributed by atoms with Gasteiger partial charge < -0.3 is 10.1 Å². The highest BCUT2D eigenvalue weighted by Crippen LogP contribution is 2.25. The monoisotopic (exact) mass is 318 g/mol. The van der Waals surface area contributed by atoms with Crippen molar-refractivity contribution in [2.45, 2.75) is 23.8 Å². The number of hydrogen-bond acceptors (Lipinski definition) is 6. The van der Waals surface area contributed by atoms with Crippen molar-refractivity contribution in [3.05, 3.63) is 16.3 Å². The van der Waals surface area contributed by atoms with Gasteiger partial charge in [0.15, 0.2) is 0 Å². The SMILES string of the molecule is COC(=O)c1cc(S(=O)(=O)N(C)C2CCNCC2)cs1. The molecule has 1 saturated heterocycles. The van der Waals surface area contributed by atoms with Crippen molar-refractivity contribution in [3.63, 3.8) is 0 Å². The Labute approximate surface area is 122 Å². The Morgan fingerprint density at radius 3 is 2.70 bits per heavy atom. The van der Waals surface area contributed by atoms with Crippen molar-refractivity contribution in [2.24, 2.45) is 0 Å². The van der Waals surface area contributed by atoms with E-state index in [0.29, 0.717) is 4.88 Å². The molecule has 0 bridgehead atoms. The second kappa shape index (κ2) is 6.21. The van der Waals surface area contributed by atoms with Crippen LogP contribution in [0.5, 0.6) is 0 Å². The molecule has 0 unspecified atom stereocenters. The molecule has 0 amide bonds. The molecule has 1 N–H and O–H groups in total. The van der Waals surface area contributed by atoms with Crippen molar-refractivity contribution < 1.29 is 17.9 Å². The number of carbonyl (C=O) groups is 1. The molecule has 0 saturated carbocycles. The molecule has 1 fully saturated rings. The third-order valence-corrected chi connectivity index (χ3v) is 6.41. The van der Waals surface area contributed by atoms with Crippen molar-refractivity contribution in [3.8, 4) is 0 Å². The molecule has 0 radical (unpaired) electrons. The number of sulfonamides is 1. The maximum Gasteiger partial charge on any atom is 0.348 e. The summed E-state index contributed by atoms with van der Waals surface area (Å²) in [7, 11) is -0.678. The zero-order chi connectivity index (χ0) is 14.8. The first-order valence-electron chi connectivity index (χ1n) is 6.32. The van der Waals surface area contributed by atoms with Crippen LogP contribution in [0.4, 0.5) is 0 Å². The first kappa shape index (κ1) is 15.4. The smallest absolute Gasteiger partial charge is 0.348 e. The minimum atomic E-state index is -3.55. The van der Waals surface area contributed by atoms with Crippen LogP contribution in [-0.2, 0) is 14.8 Å². The van der Waals surface area contributed by atoms with E-state index in [1.807, 2.05) is 0 Å². The molecule has 0 atom stereocenters. The summed E-state index contributed by atoms with van der Waals surface area (Å²) in [5.41, 5.74) is 0. The predicted octanol–water partition coefficient (Wildman–Crippen LogP) is 0.907. The van der Waals surface area contributed by atoms with Gasteiger partial charge in [-0.05, 0) is 32.0 Å². The van der Waals surface area contributed by atoms with Gasteiger partial charge in [-0.1, -0.05) is 0 Å². The van der Waals surface area contributed by atoms with E-state index in [2.05, 4.69) is 10.1 Å². The lowest BCUT2D eigenvalue weighted by Gasteiger charge is -2.30. The van der Waals surface area contributed by atoms with E-state index in [9.17, 15) is 13.2 Å². The number of piperidine rings is 1. The quantitative estimate of drug-likeness (QED) is 0.835. The number of carbonyl (C=O) groups excluding carboxylic acids is 1. The van der Waals surface area contributed by atoms with Gasteiger partial charge in [-0.15, -0.1) is 11.3 Å².